The van der Waals surface area contributed by atoms with E-state index in [1.807, 2.05) is 12.1 Å². The van der Waals surface area contributed by atoms with Crippen LogP contribution in [0.25, 0.3) is 0 Å². The molecule has 0 aliphatic rings. The number of hydrogen-bond acceptors (Lipinski definition) is 5. The summed E-state index contributed by atoms with van der Waals surface area (Å²) >= 11 is 1.80. The number of thioether (sulfide) groups is 1. The van der Waals surface area contributed by atoms with Crippen molar-refractivity contribution in [1.29, 1.82) is 0 Å². The zero-order chi connectivity index (χ0) is 12.5. The van der Waals surface area contributed by atoms with E-state index in [9.17, 15) is 5.11 Å². The Bertz CT molecular complexity index is 279. The van der Waals surface area contributed by atoms with Gasteiger partial charge in [0.2, 0.25) is 0 Å². The van der Waals surface area contributed by atoms with Gasteiger partial charge in [-0.15, -0.1) is 0 Å². The molecule has 0 amide bonds. The lowest BCUT2D eigenvalue weighted by Gasteiger charge is -2.14. The summed E-state index contributed by atoms with van der Waals surface area (Å²) in [6, 6.07) is 3.67. The molecule has 0 spiro atoms. The van der Waals surface area contributed by atoms with Gasteiger partial charge in [-0.2, -0.15) is 11.8 Å². The number of rotatable bonds is 9. The lowest BCUT2D eigenvalue weighted by molar-refractivity contribution is 0.0228. The fourth-order valence-corrected chi connectivity index (χ4v) is 1.57. The smallest absolute Gasteiger partial charge is 0.129 e. The first-order valence-corrected chi connectivity index (χ1v) is 7.03. The zero-order valence-corrected chi connectivity index (χ0v) is 11.2. The average Bonchev–Trinajstić information content (AvgIpc) is 2.82. The van der Waals surface area contributed by atoms with E-state index < -0.39 is 6.10 Å². The highest BCUT2D eigenvalue weighted by molar-refractivity contribution is 7.99. The molecule has 1 aromatic heterocycles. The second-order valence-electron chi connectivity index (χ2n) is 3.95. The fourth-order valence-electron chi connectivity index (χ4n) is 1.29. The molecule has 2 unspecified atom stereocenters. The van der Waals surface area contributed by atoms with Crippen LogP contribution in [0.3, 0.4) is 0 Å². The number of aliphatic hydroxyl groups is 1. The largest absolute Gasteiger partial charge is 0.467 e. The van der Waals surface area contributed by atoms with E-state index >= 15 is 0 Å². The highest BCUT2D eigenvalue weighted by atomic mass is 32.2. The molecular weight excluding hydrogens is 238 g/mol. The highest BCUT2D eigenvalue weighted by Gasteiger charge is 2.06. The Morgan fingerprint density at radius 2 is 2.35 bits per heavy atom. The van der Waals surface area contributed by atoms with Crippen molar-refractivity contribution in [2.75, 3.05) is 26.0 Å². The van der Waals surface area contributed by atoms with Gasteiger partial charge >= 0.3 is 0 Å². The highest BCUT2D eigenvalue weighted by Crippen LogP contribution is 2.03. The summed E-state index contributed by atoms with van der Waals surface area (Å²) in [5, 5.41) is 13.4. The molecule has 0 aromatic carbocycles. The molecule has 0 bridgehead atoms. The van der Waals surface area contributed by atoms with Gasteiger partial charge in [0, 0.05) is 18.3 Å². The molecule has 0 aliphatic heterocycles. The van der Waals surface area contributed by atoms with Gasteiger partial charge in [-0.05, 0) is 18.4 Å². The van der Waals surface area contributed by atoms with Gasteiger partial charge in [-0.25, -0.2) is 0 Å². The molecule has 1 aromatic rings. The van der Waals surface area contributed by atoms with Crippen LogP contribution in [0.1, 0.15) is 12.7 Å². The van der Waals surface area contributed by atoms with Crippen molar-refractivity contribution < 1.29 is 14.3 Å². The van der Waals surface area contributed by atoms with Gasteiger partial charge < -0.3 is 19.6 Å². The molecule has 0 radical (unpaired) electrons. The van der Waals surface area contributed by atoms with Gasteiger partial charge in [-0.3, -0.25) is 0 Å². The van der Waals surface area contributed by atoms with E-state index in [4.69, 9.17) is 9.15 Å². The molecule has 2 N–H and O–H groups in total. The predicted molar refractivity (Wildman–Crippen MR) is 70.2 cm³/mol. The van der Waals surface area contributed by atoms with E-state index in [0.29, 0.717) is 25.0 Å². The Balaban J connectivity index is 1.99. The van der Waals surface area contributed by atoms with Crippen molar-refractivity contribution in [2.24, 2.45) is 0 Å². The summed E-state index contributed by atoms with van der Waals surface area (Å²) in [6.07, 6.45) is 3.22. The maximum Gasteiger partial charge on any atom is 0.129 e. The Hall–Kier alpha value is -0.490. The third-order valence-electron chi connectivity index (χ3n) is 2.35. The topological polar surface area (TPSA) is 54.6 Å². The first-order chi connectivity index (χ1) is 8.22. The van der Waals surface area contributed by atoms with Crippen LogP contribution in [-0.2, 0) is 11.3 Å². The number of ether oxygens (including phenoxy) is 1. The van der Waals surface area contributed by atoms with Crippen LogP contribution in [0.4, 0.5) is 0 Å². The third-order valence-corrected chi connectivity index (χ3v) is 3.32. The summed E-state index contributed by atoms with van der Waals surface area (Å²) in [5.41, 5.74) is 0. The van der Waals surface area contributed by atoms with Gasteiger partial charge in [0.15, 0.2) is 0 Å². The molecule has 1 rings (SSSR count). The first-order valence-electron chi connectivity index (χ1n) is 5.74. The summed E-state index contributed by atoms with van der Waals surface area (Å²) in [6.45, 7) is 4.34. The maximum absolute atomic E-state index is 9.64. The van der Waals surface area contributed by atoms with Crippen LogP contribution in [0.5, 0.6) is 0 Å². The SMILES string of the molecule is CSC(C)CNCC(O)COCc1ccco1. The quantitative estimate of drug-likeness (QED) is 0.704. The number of nitrogens with one attached hydrogen (secondary N) is 1. The van der Waals surface area contributed by atoms with Crippen LogP contribution in [0.2, 0.25) is 0 Å². The summed E-state index contributed by atoms with van der Waals surface area (Å²) in [4.78, 5) is 0. The van der Waals surface area contributed by atoms with Crippen LogP contribution in [-0.4, -0.2) is 42.4 Å². The van der Waals surface area contributed by atoms with Gasteiger partial charge in [0.05, 0.1) is 19.0 Å². The molecule has 0 aliphatic carbocycles. The summed E-state index contributed by atoms with van der Waals surface area (Å²) in [7, 11) is 0. The number of hydrogen-bond donors (Lipinski definition) is 2. The van der Waals surface area contributed by atoms with Crippen molar-refractivity contribution in [3.05, 3.63) is 24.2 Å². The van der Waals surface area contributed by atoms with Gasteiger partial charge in [0.1, 0.15) is 12.4 Å². The zero-order valence-electron chi connectivity index (χ0n) is 10.4. The molecule has 0 fully saturated rings. The molecular formula is C12H21NO3S. The van der Waals surface area contributed by atoms with Crippen molar-refractivity contribution in [3.8, 4) is 0 Å². The van der Waals surface area contributed by atoms with Gasteiger partial charge in [0.25, 0.3) is 0 Å². The lowest BCUT2D eigenvalue weighted by atomic mass is 10.3. The molecule has 17 heavy (non-hydrogen) atoms. The van der Waals surface area contributed by atoms with Crippen molar-refractivity contribution in [3.63, 3.8) is 0 Å². The number of aliphatic hydroxyl groups excluding tert-OH is 1. The van der Waals surface area contributed by atoms with Crippen LogP contribution in [0.15, 0.2) is 22.8 Å². The van der Waals surface area contributed by atoms with Crippen molar-refractivity contribution >= 4 is 11.8 Å². The minimum absolute atomic E-state index is 0.321. The Morgan fingerprint density at radius 1 is 1.53 bits per heavy atom. The minimum atomic E-state index is -0.473. The van der Waals surface area contributed by atoms with E-state index in [0.717, 1.165) is 12.3 Å². The molecule has 2 atom stereocenters. The second-order valence-corrected chi connectivity index (χ2v) is 5.23. The Kier molecular flexibility index (Phi) is 7.35. The minimum Gasteiger partial charge on any atom is -0.467 e. The van der Waals surface area contributed by atoms with E-state index in [1.165, 1.54) is 0 Å². The Morgan fingerprint density at radius 3 is 3.00 bits per heavy atom. The van der Waals surface area contributed by atoms with Crippen molar-refractivity contribution in [2.45, 2.75) is 24.9 Å². The molecule has 5 heteroatoms. The summed E-state index contributed by atoms with van der Waals surface area (Å²) < 4.78 is 10.5. The molecule has 0 saturated heterocycles. The predicted octanol–water partition coefficient (Wildman–Crippen LogP) is 1.50. The average molecular weight is 259 g/mol. The molecule has 0 saturated carbocycles. The second kappa shape index (κ2) is 8.58. The normalized spacial score (nSPS) is 14.8. The fraction of sp³-hybridized carbons (Fsp3) is 0.667. The Labute approximate surface area is 107 Å². The standard InChI is InChI=1S/C12H21NO3S/c1-10(17-2)6-13-7-11(14)8-15-9-12-4-3-5-16-12/h3-5,10-11,13-14H,6-9H2,1-2H3. The molecule has 1 heterocycles. The van der Waals surface area contributed by atoms with E-state index in [2.05, 4.69) is 18.5 Å². The third kappa shape index (κ3) is 6.73. The van der Waals surface area contributed by atoms with Crippen LogP contribution >= 0.6 is 11.8 Å². The number of furan rings is 1. The van der Waals surface area contributed by atoms with Crippen LogP contribution < -0.4 is 5.32 Å². The molecule has 4 nitrogen and oxygen atoms in total. The lowest BCUT2D eigenvalue weighted by Crippen LogP contribution is -2.33. The van der Waals surface area contributed by atoms with Crippen molar-refractivity contribution in [1.82, 2.24) is 5.32 Å². The molecule has 98 valence electrons. The monoisotopic (exact) mass is 259 g/mol. The maximum atomic E-state index is 9.64. The first kappa shape index (κ1) is 14.6. The van der Waals surface area contributed by atoms with E-state index in [1.54, 1.807) is 18.0 Å². The van der Waals surface area contributed by atoms with E-state index in [-0.39, 0.29) is 0 Å². The van der Waals surface area contributed by atoms with Crippen LogP contribution in [0, 0.1) is 0 Å². The van der Waals surface area contributed by atoms with Gasteiger partial charge in [-0.1, -0.05) is 6.92 Å². The summed E-state index contributed by atoms with van der Waals surface area (Å²) in [5.74, 6) is 0.779.